The molecule has 0 radical (unpaired) electrons. The van der Waals surface area contributed by atoms with Gasteiger partial charge in [-0.3, -0.25) is 4.79 Å². The van der Waals surface area contributed by atoms with E-state index in [0.717, 1.165) is 18.1 Å². The number of rotatable bonds is 4. The number of hydrogen-bond donors (Lipinski definition) is 1. The molecule has 2 aromatic rings. The summed E-state index contributed by atoms with van der Waals surface area (Å²) in [7, 11) is 0. The van der Waals surface area contributed by atoms with Crippen LogP contribution in [0.25, 0.3) is 0 Å². The molecule has 1 N–H and O–H groups in total. The summed E-state index contributed by atoms with van der Waals surface area (Å²) >= 11 is 0. The second-order valence-corrected chi connectivity index (χ2v) is 5.66. The molecule has 3 rings (SSSR count). The summed E-state index contributed by atoms with van der Waals surface area (Å²) in [5.41, 5.74) is 1.72. The van der Waals surface area contributed by atoms with Gasteiger partial charge in [-0.2, -0.15) is 0 Å². The van der Waals surface area contributed by atoms with Gasteiger partial charge in [-0.15, -0.1) is 0 Å². The van der Waals surface area contributed by atoms with E-state index in [4.69, 9.17) is 4.74 Å². The number of esters is 1. The molecular weight excluding hydrogens is 283 g/mol. The molecule has 0 aromatic heterocycles. The molecule has 1 heterocycles. The number of benzene rings is 2. The lowest BCUT2D eigenvalue weighted by molar-refractivity contribution is -0.141. The van der Waals surface area contributed by atoms with E-state index < -0.39 is 5.82 Å². The van der Waals surface area contributed by atoms with Crippen molar-refractivity contribution in [1.29, 1.82) is 0 Å². The Hall–Kier alpha value is -2.36. The number of aromatic hydroxyl groups is 1. The third-order valence-corrected chi connectivity index (χ3v) is 4.14. The maximum Gasteiger partial charge on any atom is 0.309 e. The molecule has 2 atom stereocenters. The van der Waals surface area contributed by atoms with Crippen LogP contribution in [-0.2, 0) is 22.4 Å². The number of cyclic esters (lactones) is 1. The Labute approximate surface area is 128 Å². The van der Waals surface area contributed by atoms with Crippen LogP contribution < -0.4 is 0 Å². The second kappa shape index (κ2) is 6.18. The third kappa shape index (κ3) is 3.11. The van der Waals surface area contributed by atoms with E-state index in [1.807, 2.05) is 30.3 Å². The number of carbonyl (C=O) groups excluding carboxylic acids is 1. The standard InChI is InChI=1S/C18H17FO3/c19-15-7-6-13(17(20)10-15)9-16-14(11-22-18(16)21)8-12-4-2-1-3-5-12/h1-7,10,14,16,20H,8-9,11H2/t14-,16+/m0/s1. The van der Waals surface area contributed by atoms with Crippen molar-refractivity contribution in [3.63, 3.8) is 0 Å². The fraction of sp³-hybridized carbons (Fsp3) is 0.278. The zero-order valence-electron chi connectivity index (χ0n) is 12.0. The Morgan fingerprint density at radius 3 is 2.64 bits per heavy atom. The predicted octanol–water partition coefficient (Wildman–Crippen LogP) is 3.11. The molecule has 1 aliphatic rings. The van der Waals surface area contributed by atoms with Crippen LogP contribution in [0.2, 0.25) is 0 Å². The van der Waals surface area contributed by atoms with Crippen molar-refractivity contribution in [2.24, 2.45) is 11.8 Å². The van der Waals surface area contributed by atoms with Crippen molar-refractivity contribution in [2.75, 3.05) is 6.61 Å². The summed E-state index contributed by atoms with van der Waals surface area (Å²) in [6, 6.07) is 13.8. The summed E-state index contributed by atoms with van der Waals surface area (Å²) in [4.78, 5) is 12.0. The van der Waals surface area contributed by atoms with Crippen LogP contribution in [0.3, 0.4) is 0 Å². The van der Waals surface area contributed by atoms with Gasteiger partial charge in [-0.05, 0) is 30.0 Å². The average molecular weight is 300 g/mol. The largest absolute Gasteiger partial charge is 0.508 e. The van der Waals surface area contributed by atoms with Crippen LogP contribution in [0, 0.1) is 17.7 Å². The van der Waals surface area contributed by atoms with E-state index in [1.54, 1.807) is 0 Å². The van der Waals surface area contributed by atoms with E-state index in [0.29, 0.717) is 18.6 Å². The average Bonchev–Trinajstić information content (AvgIpc) is 2.84. The first kappa shape index (κ1) is 14.6. The van der Waals surface area contributed by atoms with E-state index >= 15 is 0 Å². The van der Waals surface area contributed by atoms with Gasteiger partial charge in [0.1, 0.15) is 11.6 Å². The molecule has 0 bridgehead atoms. The summed E-state index contributed by atoms with van der Waals surface area (Å²) in [5, 5.41) is 9.82. The van der Waals surface area contributed by atoms with Crippen molar-refractivity contribution in [1.82, 2.24) is 0 Å². The minimum absolute atomic E-state index is 0.0688. The molecular formula is C18H17FO3. The third-order valence-electron chi connectivity index (χ3n) is 4.14. The Kier molecular flexibility index (Phi) is 4.09. The highest BCUT2D eigenvalue weighted by molar-refractivity contribution is 5.75. The predicted molar refractivity (Wildman–Crippen MR) is 79.9 cm³/mol. The van der Waals surface area contributed by atoms with E-state index in [1.165, 1.54) is 12.1 Å². The molecule has 4 heteroatoms. The van der Waals surface area contributed by atoms with Crippen molar-refractivity contribution in [3.8, 4) is 5.75 Å². The highest BCUT2D eigenvalue weighted by atomic mass is 19.1. The molecule has 0 aliphatic carbocycles. The van der Waals surface area contributed by atoms with Gasteiger partial charge in [-0.25, -0.2) is 4.39 Å². The molecule has 0 saturated carbocycles. The van der Waals surface area contributed by atoms with Gasteiger partial charge in [-0.1, -0.05) is 36.4 Å². The van der Waals surface area contributed by atoms with Gasteiger partial charge in [0.05, 0.1) is 12.5 Å². The van der Waals surface area contributed by atoms with Gasteiger partial charge in [0.2, 0.25) is 0 Å². The van der Waals surface area contributed by atoms with Crippen LogP contribution in [0.15, 0.2) is 48.5 Å². The maximum atomic E-state index is 13.1. The molecule has 0 spiro atoms. The summed E-state index contributed by atoms with van der Waals surface area (Å²) in [6.07, 6.45) is 1.11. The van der Waals surface area contributed by atoms with Crippen molar-refractivity contribution in [2.45, 2.75) is 12.8 Å². The van der Waals surface area contributed by atoms with Gasteiger partial charge < -0.3 is 9.84 Å². The Morgan fingerprint density at radius 2 is 1.91 bits per heavy atom. The van der Waals surface area contributed by atoms with E-state index in [9.17, 15) is 14.3 Å². The zero-order valence-corrected chi connectivity index (χ0v) is 12.0. The van der Waals surface area contributed by atoms with E-state index in [-0.39, 0.29) is 23.6 Å². The zero-order chi connectivity index (χ0) is 15.5. The first-order valence-corrected chi connectivity index (χ1v) is 7.31. The summed E-state index contributed by atoms with van der Waals surface area (Å²) in [5.74, 6) is -1.09. The minimum atomic E-state index is -0.490. The number of hydrogen-bond acceptors (Lipinski definition) is 3. The van der Waals surface area contributed by atoms with Gasteiger partial charge in [0.25, 0.3) is 0 Å². The molecule has 22 heavy (non-hydrogen) atoms. The molecule has 1 saturated heterocycles. The molecule has 0 amide bonds. The smallest absolute Gasteiger partial charge is 0.309 e. The molecule has 1 fully saturated rings. The number of carbonyl (C=O) groups is 1. The number of halogens is 1. The molecule has 114 valence electrons. The van der Waals surface area contributed by atoms with Crippen molar-refractivity contribution in [3.05, 3.63) is 65.5 Å². The Bertz CT molecular complexity index is 669. The Morgan fingerprint density at radius 1 is 1.14 bits per heavy atom. The van der Waals surface area contributed by atoms with Crippen LogP contribution in [0.5, 0.6) is 5.75 Å². The highest BCUT2D eigenvalue weighted by Crippen LogP contribution is 2.31. The monoisotopic (exact) mass is 300 g/mol. The molecule has 2 aromatic carbocycles. The van der Waals surface area contributed by atoms with E-state index in [2.05, 4.69) is 0 Å². The lowest BCUT2D eigenvalue weighted by Gasteiger charge is -2.16. The maximum absolute atomic E-state index is 13.1. The van der Waals surface area contributed by atoms with Crippen LogP contribution >= 0.6 is 0 Å². The summed E-state index contributed by atoms with van der Waals surface area (Å²) < 4.78 is 18.2. The van der Waals surface area contributed by atoms with Crippen LogP contribution in [0.4, 0.5) is 4.39 Å². The lowest BCUT2D eigenvalue weighted by atomic mass is 9.85. The lowest BCUT2D eigenvalue weighted by Crippen LogP contribution is -2.20. The molecule has 3 nitrogen and oxygen atoms in total. The van der Waals surface area contributed by atoms with Gasteiger partial charge in [0.15, 0.2) is 0 Å². The topological polar surface area (TPSA) is 46.5 Å². The van der Waals surface area contributed by atoms with Crippen molar-refractivity contribution >= 4 is 5.97 Å². The number of ether oxygens (including phenoxy) is 1. The fourth-order valence-corrected chi connectivity index (χ4v) is 2.92. The van der Waals surface area contributed by atoms with Crippen molar-refractivity contribution < 1.29 is 19.0 Å². The van der Waals surface area contributed by atoms with Gasteiger partial charge in [0, 0.05) is 12.0 Å². The van der Waals surface area contributed by atoms with Crippen LogP contribution in [0.1, 0.15) is 11.1 Å². The number of phenolic OH excluding ortho intramolecular Hbond substituents is 1. The minimum Gasteiger partial charge on any atom is -0.508 e. The first-order valence-electron chi connectivity index (χ1n) is 7.31. The SMILES string of the molecule is O=C1OC[C@H](Cc2ccccc2)[C@H]1Cc1ccc(F)cc1O. The Balaban J connectivity index is 1.76. The molecule has 1 aliphatic heterocycles. The quantitative estimate of drug-likeness (QED) is 0.883. The highest BCUT2D eigenvalue weighted by Gasteiger charge is 2.37. The first-order chi connectivity index (χ1) is 10.6. The fourth-order valence-electron chi connectivity index (χ4n) is 2.92. The van der Waals surface area contributed by atoms with Gasteiger partial charge >= 0.3 is 5.97 Å². The number of phenols is 1. The van der Waals surface area contributed by atoms with Crippen LogP contribution in [-0.4, -0.2) is 17.7 Å². The molecule has 0 unspecified atom stereocenters. The normalized spacial score (nSPS) is 20.9. The second-order valence-electron chi connectivity index (χ2n) is 5.66. The summed E-state index contributed by atoms with van der Waals surface area (Å²) in [6.45, 7) is 0.389.